The SMILES string of the molecule is CCCCN(CC)Cc1nc2c(c(=O)[nH]c(=O)n2C)n1CC(=O)c1ccccc1. The van der Waals surface area contributed by atoms with Crippen LogP contribution in [0.2, 0.25) is 0 Å². The summed E-state index contributed by atoms with van der Waals surface area (Å²) in [6, 6.07) is 8.96. The van der Waals surface area contributed by atoms with Crippen LogP contribution >= 0.6 is 0 Å². The number of imidazole rings is 1. The first kappa shape index (κ1) is 20.7. The number of unbranched alkanes of at least 4 members (excludes halogenated alkanes) is 1. The van der Waals surface area contributed by atoms with Gasteiger partial charge >= 0.3 is 5.69 Å². The molecular formula is C21H27N5O3. The predicted molar refractivity (Wildman–Crippen MR) is 112 cm³/mol. The van der Waals surface area contributed by atoms with E-state index >= 15 is 0 Å². The Morgan fingerprint density at radius 1 is 1.17 bits per heavy atom. The number of benzene rings is 1. The quantitative estimate of drug-likeness (QED) is 0.557. The fourth-order valence-electron chi connectivity index (χ4n) is 3.36. The maximum atomic E-state index is 12.9. The molecule has 0 spiro atoms. The predicted octanol–water partition coefficient (Wildman–Crippen LogP) is 1.93. The minimum absolute atomic E-state index is 0.0114. The molecule has 1 N–H and O–H groups in total. The van der Waals surface area contributed by atoms with E-state index in [0.29, 0.717) is 23.6 Å². The summed E-state index contributed by atoms with van der Waals surface area (Å²) in [7, 11) is 1.56. The molecule has 3 aromatic rings. The van der Waals surface area contributed by atoms with Gasteiger partial charge in [0.05, 0.1) is 13.1 Å². The van der Waals surface area contributed by atoms with E-state index in [0.717, 1.165) is 25.9 Å². The zero-order chi connectivity index (χ0) is 21.0. The molecule has 0 saturated heterocycles. The number of nitrogens with one attached hydrogen (secondary N) is 1. The van der Waals surface area contributed by atoms with Gasteiger partial charge in [-0.15, -0.1) is 0 Å². The van der Waals surface area contributed by atoms with Crippen LogP contribution in [0.3, 0.4) is 0 Å². The van der Waals surface area contributed by atoms with Gasteiger partial charge in [-0.3, -0.25) is 24.0 Å². The molecule has 2 aromatic heterocycles. The summed E-state index contributed by atoms with van der Waals surface area (Å²) in [4.78, 5) is 46.6. The summed E-state index contributed by atoms with van der Waals surface area (Å²) in [5.41, 5.74) is 0.0599. The van der Waals surface area contributed by atoms with Crippen molar-refractivity contribution in [1.29, 1.82) is 0 Å². The molecule has 154 valence electrons. The van der Waals surface area contributed by atoms with Crippen LogP contribution in [0, 0.1) is 0 Å². The van der Waals surface area contributed by atoms with E-state index < -0.39 is 11.2 Å². The van der Waals surface area contributed by atoms with Crippen molar-refractivity contribution >= 4 is 16.9 Å². The van der Waals surface area contributed by atoms with E-state index in [4.69, 9.17) is 0 Å². The van der Waals surface area contributed by atoms with E-state index in [9.17, 15) is 14.4 Å². The summed E-state index contributed by atoms with van der Waals surface area (Å²) in [6.07, 6.45) is 2.13. The number of carbonyl (C=O) groups is 1. The van der Waals surface area contributed by atoms with Crippen LogP contribution < -0.4 is 11.2 Å². The van der Waals surface area contributed by atoms with Crippen molar-refractivity contribution in [2.45, 2.75) is 39.8 Å². The first-order valence-electron chi connectivity index (χ1n) is 9.95. The van der Waals surface area contributed by atoms with Crippen molar-refractivity contribution in [3.8, 4) is 0 Å². The maximum absolute atomic E-state index is 12.9. The molecule has 0 saturated carbocycles. The first-order chi connectivity index (χ1) is 14.0. The minimum atomic E-state index is -0.528. The number of Topliss-reactive ketones (excluding diaryl/α,β-unsaturated/α-hetero) is 1. The second-order valence-corrected chi connectivity index (χ2v) is 7.12. The van der Waals surface area contributed by atoms with E-state index in [1.807, 2.05) is 6.07 Å². The van der Waals surface area contributed by atoms with Crippen molar-refractivity contribution in [1.82, 2.24) is 24.0 Å². The van der Waals surface area contributed by atoms with Crippen LogP contribution in [0.15, 0.2) is 39.9 Å². The molecule has 3 rings (SSSR count). The number of ketones is 1. The molecule has 0 amide bonds. The van der Waals surface area contributed by atoms with E-state index in [1.165, 1.54) is 4.57 Å². The number of H-pyrrole nitrogens is 1. The van der Waals surface area contributed by atoms with Crippen molar-refractivity contribution in [3.05, 3.63) is 62.6 Å². The highest BCUT2D eigenvalue weighted by Gasteiger charge is 2.21. The molecule has 8 nitrogen and oxygen atoms in total. The molecule has 0 aliphatic rings. The third kappa shape index (κ3) is 4.37. The Hall–Kier alpha value is -3.00. The zero-order valence-electron chi connectivity index (χ0n) is 17.1. The van der Waals surface area contributed by atoms with Crippen molar-refractivity contribution in [3.63, 3.8) is 0 Å². The van der Waals surface area contributed by atoms with Gasteiger partial charge in [0.1, 0.15) is 5.82 Å². The fraction of sp³-hybridized carbons (Fsp3) is 0.429. The summed E-state index contributed by atoms with van der Waals surface area (Å²) >= 11 is 0. The number of rotatable bonds is 9. The molecule has 0 fully saturated rings. The Morgan fingerprint density at radius 3 is 2.55 bits per heavy atom. The van der Waals surface area contributed by atoms with Gasteiger partial charge in [0.2, 0.25) is 0 Å². The Morgan fingerprint density at radius 2 is 1.90 bits per heavy atom. The summed E-state index contributed by atoms with van der Waals surface area (Å²) in [5, 5.41) is 0. The normalized spacial score (nSPS) is 11.4. The lowest BCUT2D eigenvalue weighted by Crippen LogP contribution is -2.30. The molecule has 0 unspecified atom stereocenters. The molecule has 0 atom stereocenters. The Labute approximate surface area is 168 Å². The number of aromatic amines is 1. The lowest BCUT2D eigenvalue weighted by atomic mass is 10.1. The summed E-state index contributed by atoms with van der Waals surface area (Å²) in [5.74, 6) is 0.491. The maximum Gasteiger partial charge on any atom is 0.329 e. The molecule has 0 radical (unpaired) electrons. The average molecular weight is 397 g/mol. The largest absolute Gasteiger partial charge is 0.329 e. The first-order valence-corrected chi connectivity index (χ1v) is 9.95. The second-order valence-electron chi connectivity index (χ2n) is 7.12. The minimum Gasteiger partial charge on any atom is -0.313 e. The van der Waals surface area contributed by atoms with Crippen LogP contribution in [0.4, 0.5) is 0 Å². The Kier molecular flexibility index (Phi) is 6.43. The highest BCUT2D eigenvalue weighted by Crippen LogP contribution is 2.15. The van der Waals surface area contributed by atoms with E-state index in [2.05, 4.69) is 28.7 Å². The monoisotopic (exact) mass is 397 g/mol. The third-order valence-electron chi connectivity index (χ3n) is 5.12. The number of hydrogen-bond acceptors (Lipinski definition) is 5. The van der Waals surface area contributed by atoms with Crippen LogP contribution in [0.25, 0.3) is 11.2 Å². The summed E-state index contributed by atoms with van der Waals surface area (Å²) < 4.78 is 2.96. The van der Waals surface area contributed by atoms with Crippen molar-refractivity contribution in [2.75, 3.05) is 13.1 Å². The Bertz CT molecular complexity index is 1110. The van der Waals surface area contributed by atoms with Gasteiger partial charge in [0.15, 0.2) is 16.9 Å². The highest BCUT2D eigenvalue weighted by molar-refractivity contribution is 5.96. The summed E-state index contributed by atoms with van der Waals surface area (Å²) in [6.45, 7) is 6.42. The zero-order valence-corrected chi connectivity index (χ0v) is 17.1. The molecule has 1 aromatic carbocycles. The van der Waals surface area contributed by atoms with Gasteiger partial charge in [-0.05, 0) is 19.5 Å². The standard InChI is InChI=1S/C21H27N5O3/c1-4-6-12-25(5-2)14-17-22-19-18(20(28)23-21(29)24(19)3)26(17)13-16(27)15-10-8-7-9-11-15/h7-11H,4-6,12-14H2,1-3H3,(H,23,28,29). The lowest BCUT2D eigenvalue weighted by molar-refractivity contribution is 0.0971. The van der Waals surface area contributed by atoms with Crippen molar-refractivity contribution in [2.24, 2.45) is 7.05 Å². The van der Waals surface area contributed by atoms with Crippen LogP contribution in [-0.2, 0) is 20.1 Å². The number of aryl methyl sites for hydroxylation is 1. The molecule has 29 heavy (non-hydrogen) atoms. The van der Waals surface area contributed by atoms with E-state index in [-0.39, 0.29) is 17.8 Å². The van der Waals surface area contributed by atoms with Crippen LogP contribution in [-0.4, -0.2) is 42.9 Å². The average Bonchev–Trinajstić information content (AvgIpc) is 3.08. The lowest BCUT2D eigenvalue weighted by Gasteiger charge is -2.20. The fourth-order valence-corrected chi connectivity index (χ4v) is 3.36. The van der Waals surface area contributed by atoms with Gasteiger partial charge in [-0.25, -0.2) is 9.78 Å². The number of hydrogen-bond donors (Lipinski definition) is 1. The number of aromatic nitrogens is 4. The highest BCUT2D eigenvalue weighted by atomic mass is 16.2. The number of carbonyl (C=O) groups excluding carboxylic acids is 1. The number of nitrogens with zero attached hydrogens (tertiary/aromatic N) is 4. The second kappa shape index (κ2) is 9.00. The molecule has 2 heterocycles. The molecule has 0 aliphatic carbocycles. The molecule has 0 bridgehead atoms. The number of fused-ring (bicyclic) bond motifs is 1. The van der Waals surface area contributed by atoms with Gasteiger partial charge in [0.25, 0.3) is 5.56 Å². The Balaban J connectivity index is 2.09. The smallest absolute Gasteiger partial charge is 0.313 e. The van der Waals surface area contributed by atoms with Gasteiger partial charge in [-0.2, -0.15) is 0 Å². The molecule has 0 aliphatic heterocycles. The molecule has 8 heteroatoms. The third-order valence-corrected chi connectivity index (χ3v) is 5.12. The van der Waals surface area contributed by atoms with Crippen molar-refractivity contribution < 1.29 is 4.79 Å². The van der Waals surface area contributed by atoms with Crippen LogP contribution in [0.5, 0.6) is 0 Å². The van der Waals surface area contributed by atoms with Gasteiger partial charge in [0, 0.05) is 12.6 Å². The van der Waals surface area contributed by atoms with E-state index in [1.54, 1.807) is 35.9 Å². The van der Waals surface area contributed by atoms with Gasteiger partial charge in [-0.1, -0.05) is 50.6 Å². The molecular weight excluding hydrogens is 370 g/mol. The topological polar surface area (TPSA) is 93.0 Å². The van der Waals surface area contributed by atoms with Gasteiger partial charge < -0.3 is 4.57 Å². The van der Waals surface area contributed by atoms with Crippen LogP contribution in [0.1, 0.15) is 42.9 Å².